The van der Waals surface area contributed by atoms with Gasteiger partial charge in [0.1, 0.15) is 11.9 Å². The Balaban J connectivity index is 1.84. The molecule has 0 amide bonds. The van der Waals surface area contributed by atoms with Crippen LogP contribution in [-0.2, 0) is 0 Å². The Morgan fingerprint density at radius 1 is 1.33 bits per heavy atom. The summed E-state index contributed by atoms with van der Waals surface area (Å²) in [7, 11) is 0. The predicted molar refractivity (Wildman–Crippen MR) is 107 cm³/mol. The van der Waals surface area contributed by atoms with Gasteiger partial charge >= 0.3 is 0 Å². The monoisotopic (exact) mass is 363 g/mol. The highest BCUT2D eigenvalue weighted by Gasteiger charge is 2.27. The van der Waals surface area contributed by atoms with Gasteiger partial charge in [0.15, 0.2) is 5.65 Å². The number of hydrogen-bond acceptors (Lipinski definition) is 5. The van der Waals surface area contributed by atoms with Crippen LogP contribution in [0.2, 0.25) is 0 Å². The number of aryl methyl sites for hydroxylation is 1. The third kappa shape index (κ3) is 3.03. The van der Waals surface area contributed by atoms with Crippen molar-refractivity contribution in [2.45, 2.75) is 32.9 Å². The number of pyridine rings is 1. The zero-order valence-electron chi connectivity index (χ0n) is 16.1. The van der Waals surface area contributed by atoms with Crippen LogP contribution >= 0.6 is 0 Å². The highest BCUT2D eigenvalue weighted by atomic mass is 16.3. The molecule has 2 aromatic heterocycles. The van der Waals surface area contributed by atoms with Crippen LogP contribution in [0.1, 0.15) is 25.0 Å². The van der Waals surface area contributed by atoms with Crippen molar-refractivity contribution in [1.82, 2.24) is 14.3 Å². The molecule has 1 aliphatic rings. The molecule has 0 aliphatic carbocycles. The third-order valence-corrected chi connectivity index (χ3v) is 5.39. The Hall–Kier alpha value is -2.62. The highest BCUT2D eigenvalue weighted by Crippen LogP contribution is 2.30. The highest BCUT2D eigenvalue weighted by molar-refractivity contribution is 5.85. The lowest BCUT2D eigenvalue weighted by molar-refractivity contribution is 0.114. The number of hydrogen-bond donors (Lipinski definition) is 1. The lowest BCUT2D eigenvalue weighted by atomic mass is 10.1. The number of aliphatic hydroxyl groups is 1. The van der Waals surface area contributed by atoms with E-state index >= 15 is 0 Å². The minimum absolute atomic E-state index is 0.300. The molecule has 1 aliphatic heterocycles. The second kappa shape index (κ2) is 6.84. The van der Waals surface area contributed by atoms with E-state index in [4.69, 9.17) is 4.98 Å². The summed E-state index contributed by atoms with van der Waals surface area (Å²) in [6, 6.07) is 12.8. The van der Waals surface area contributed by atoms with E-state index in [1.165, 1.54) is 0 Å². The van der Waals surface area contributed by atoms with Crippen LogP contribution in [0.3, 0.4) is 0 Å². The number of piperazine rings is 1. The molecular weight excluding hydrogens is 338 g/mol. The Morgan fingerprint density at radius 2 is 2.11 bits per heavy atom. The molecule has 4 rings (SSSR count). The van der Waals surface area contributed by atoms with Crippen molar-refractivity contribution in [2.75, 3.05) is 31.1 Å². The molecule has 6 heteroatoms. The summed E-state index contributed by atoms with van der Waals surface area (Å²) in [6.07, 6.45) is -0.315. The molecule has 2 unspecified atom stereocenters. The fourth-order valence-corrected chi connectivity index (χ4v) is 4.19. The summed E-state index contributed by atoms with van der Waals surface area (Å²) in [5.41, 5.74) is 4.25. The van der Waals surface area contributed by atoms with E-state index in [-0.39, 0.29) is 6.10 Å². The summed E-state index contributed by atoms with van der Waals surface area (Å²) in [4.78, 5) is 9.46. The Morgan fingerprint density at radius 3 is 2.81 bits per heavy atom. The largest absolute Gasteiger partial charge is 0.392 e. The number of aromatic nitrogens is 2. The normalized spacial score (nSPS) is 19.5. The van der Waals surface area contributed by atoms with Gasteiger partial charge in [-0.2, -0.15) is 5.26 Å². The number of anilines is 1. The number of benzene rings is 1. The number of nitriles is 1. The SMILES string of the molecule is Cc1cc(N2CCN(CC(C)O)CC2C)n2c(nc3ccccc32)c1C#N. The number of imidazole rings is 1. The van der Waals surface area contributed by atoms with Crippen molar-refractivity contribution in [2.24, 2.45) is 0 Å². The van der Waals surface area contributed by atoms with Crippen molar-refractivity contribution in [3.05, 3.63) is 41.5 Å². The molecule has 3 aromatic rings. The zero-order chi connectivity index (χ0) is 19.1. The van der Waals surface area contributed by atoms with Gasteiger partial charge in [-0.25, -0.2) is 4.98 Å². The Bertz CT molecular complexity index is 1030. The molecule has 0 spiro atoms. The van der Waals surface area contributed by atoms with Gasteiger partial charge in [-0.15, -0.1) is 0 Å². The lowest BCUT2D eigenvalue weighted by Crippen LogP contribution is -2.53. The predicted octanol–water partition coefficient (Wildman–Crippen LogP) is 2.56. The Kier molecular flexibility index (Phi) is 4.50. The van der Waals surface area contributed by atoms with Crippen molar-refractivity contribution in [3.8, 4) is 6.07 Å². The number of rotatable bonds is 3. The molecule has 0 saturated carbocycles. The molecule has 2 atom stereocenters. The number of β-amino-alcohol motifs (C(OH)–C–C–N with tert-alkyl or cyclic N) is 1. The first-order valence-corrected chi connectivity index (χ1v) is 9.47. The van der Waals surface area contributed by atoms with Crippen molar-refractivity contribution in [3.63, 3.8) is 0 Å². The average molecular weight is 363 g/mol. The maximum atomic E-state index is 9.70. The van der Waals surface area contributed by atoms with Gasteiger partial charge in [0.05, 0.1) is 22.7 Å². The van der Waals surface area contributed by atoms with Gasteiger partial charge < -0.3 is 10.0 Å². The van der Waals surface area contributed by atoms with E-state index in [0.717, 1.165) is 47.7 Å². The van der Waals surface area contributed by atoms with Crippen LogP contribution in [0.5, 0.6) is 0 Å². The fourth-order valence-electron chi connectivity index (χ4n) is 4.19. The molecule has 0 radical (unpaired) electrons. The summed E-state index contributed by atoms with van der Waals surface area (Å²) in [6.45, 7) is 9.42. The molecule has 1 N–H and O–H groups in total. The Labute approximate surface area is 159 Å². The maximum absolute atomic E-state index is 9.70. The van der Waals surface area contributed by atoms with Crippen LogP contribution in [0.4, 0.5) is 5.82 Å². The van der Waals surface area contributed by atoms with Crippen LogP contribution in [0, 0.1) is 18.3 Å². The number of para-hydroxylation sites is 2. The van der Waals surface area contributed by atoms with E-state index in [2.05, 4.69) is 39.3 Å². The second-order valence-electron chi connectivity index (χ2n) is 7.58. The molecule has 1 fully saturated rings. The lowest BCUT2D eigenvalue weighted by Gasteiger charge is -2.41. The van der Waals surface area contributed by atoms with Gasteiger partial charge in [0.2, 0.25) is 0 Å². The van der Waals surface area contributed by atoms with Crippen molar-refractivity contribution < 1.29 is 5.11 Å². The minimum Gasteiger partial charge on any atom is -0.392 e. The number of fused-ring (bicyclic) bond motifs is 3. The molecule has 27 heavy (non-hydrogen) atoms. The summed E-state index contributed by atoms with van der Waals surface area (Å²) >= 11 is 0. The zero-order valence-corrected chi connectivity index (χ0v) is 16.1. The first-order valence-electron chi connectivity index (χ1n) is 9.47. The summed E-state index contributed by atoms with van der Waals surface area (Å²) < 4.78 is 2.13. The molecule has 1 aromatic carbocycles. The average Bonchev–Trinajstić information content (AvgIpc) is 3.00. The summed E-state index contributed by atoms with van der Waals surface area (Å²) in [5.74, 6) is 1.08. The van der Waals surface area contributed by atoms with Gasteiger partial charge in [-0.05, 0) is 44.5 Å². The quantitative estimate of drug-likeness (QED) is 0.775. The third-order valence-electron chi connectivity index (χ3n) is 5.39. The molecule has 6 nitrogen and oxygen atoms in total. The van der Waals surface area contributed by atoms with E-state index in [1.807, 2.05) is 32.0 Å². The molecule has 140 valence electrons. The maximum Gasteiger partial charge on any atom is 0.157 e. The topological polar surface area (TPSA) is 67.8 Å². The smallest absolute Gasteiger partial charge is 0.157 e. The van der Waals surface area contributed by atoms with Crippen LogP contribution in [-0.4, -0.2) is 57.7 Å². The molecule has 1 saturated heterocycles. The van der Waals surface area contributed by atoms with Gasteiger partial charge in [-0.3, -0.25) is 9.30 Å². The van der Waals surface area contributed by atoms with Gasteiger partial charge in [-0.1, -0.05) is 12.1 Å². The summed E-state index contributed by atoms with van der Waals surface area (Å²) in [5, 5.41) is 19.4. The van der Waals surface area contributed by atoms with Crippen molar-refractivity contribution >= 4 is 22.5 Å². The number of nitrogens with zero attached hydrogens (tertiary/aromatic N) is 5. The molecule has 0 bridgehead atoms. The fraction of sp³-hybridized carbons (Fsp3) is 0.429. The van der Waals surface area contributed by atoms with E-state index in [9.17, 15) is 10.4 Å². The number of aliphatic hydroxyl groups excluding tert-OH is 1. The van der Waals surface area contributed by atoms with E-state index < -0.39 is 0 Å². The first kappa shape index (κ1) is 17.8. The second-order valence-corrected chi connectivity index (χ2v) is 7.58. The first-order chi connectivity index (χ1) is 13.0. The minimum atomic E-state index is -0.315. The molecular formula is C21H25N5O. The van der Waals surface area contributed by atoms with Crippen LogP contribution < -0.4 is 4.90 Å². The van der Waals surface area contributed by atoms with Crippen LogP contribution in [0.15, 0.2) is 30.3 Å². The van der Waals surface area contributed by atoms with E-state index in [0.29, 0.717) is 18.2 Å². The van der Waals surface area contributed by atoms with Gasteiger partial charge in [0.25, 0.3) is 0 Å². The standard InChI is InChI=1S/C21H25N5O/c1-14-10-20(25-9-8-24(12-15(25)2)13-16(3)27)26-19-7-5-4-6-18(19)23-21(26)17(14)11-22/h4-7,10,15-16,27H,8-9,12-13H2,1-3H3. The van der Waals surface area contributed by atoms with E-state index in [1.54, 1.807) is 0 Å². The molecule has 3 heterocycles. The van der Waals surface area contributed by atoms with Crippen LogP contribution in [0.25, 0.3) is 16.7 Å². The van der Waals surface area contributed by atoms with Gasteiger partial charge in [0, 0.05) is 32.2 Å². The van der Waals surface area contributed by atoms with Crippen molar-refractivity contribution in [1.29, 1.82) is 5.26 Å².